The molecule has 118 valence electrons. The molecule has 1 unspecified atom stereocenters. The molecular weight excluding hydrogens is 312 g/mol. The van der Waals surface area contributed by atoms with Crippen LogP contribution >= 0.6 is 11.3 Å². The average Bonchev–Trinajstić information content (AvgIpc) is 3.14. The summed E-state index contributed by atoms with van der Waals surface area (Å²) in [5.74, 6) is -1.07. The van der Waals surface area contributed by atoms with Crippen LogP contribution in [-0.2, 0) is 11.3 Å². The highest BCUT2D eigenvalue weighted by Gasteiger charge is 2.41. The van der Waals surface area contributed by atoms with Gasteiger partial charge in [-0.1, -0.05) is 18.2 Å². The predicted octanol–water partition coefficient (Wildman–Crippen LogP) is 2.39. The number of imide groups is 1. The summed E-state index contributed by atoms with van der Waals surface area (Å²) in [6.07, 6.45) is 0. The Bertz CT molecular complexity index is 735. The van der Waals surface area contributed by atoms with E-state index in [2.05, 4.69) is 0 Å². The van der Waals surface area contributed by atoms with Gasteiger partial charge >= 0.3 is 0 Å². The molecule has 23 heavy (non-hydrogen) atoms. The number of carbonyl (C=O) groups is 3. The third-order valence-electron chi connectivity index (χ3n) is 3.92. The van der Waals surface area contributed by atoms with Gasteiger partial charge in [-0.2, -0.15) is 0 Å². The Morgan fingerprint density at radius 1 is 1.13 bits per heavy atom. The van der Waals surface area contributed by atoms with Crippen molar-refractivity contribution in [3.8, 4) is 0 Å². The van der Waals surface area contributed by atoms with Crippen LogP contribution in [0.4, 0.5) is 0 Å². The Morgan fingerprint density at radius 2 is 1.74 bits per heavy atom. The van der Waals surface area contributed by atoms with Crippen LogP contribution in [0.5, 0.6) is 0 Å². The van der Waals surface area contributed by atoms with Gasteiger partial charge in [-0.25, -0.2) is 0 Å². The molecule has 6 heteroatoms. The van der Waals surface area contributed by atoms with Crippen molar-refractivity contribution in [2.75, 3.05) is 7.05 Å². The SMILES string of the molecule is CC(C(=O)N(C)Cc1cccs1)N1C(=O)c2ccccc2C1=O. The van der Waals surface area contributed by atoms with E-state index in [-0.39, 0.29) is 5.91 Å². The molecule has 0 spiro atoms. The first-order valence-corrected chi connectivity index (χ1v) is 8.13. The fraction of sp³-hybridized carbons (Fsp3) is 0.235. The Hall–Kier alpha value is -2.47. The molecular formula is C17H16N2O3S. The zero-order valence-corrected chi connectivity index (χ0v) is 13.7. The molecule has 0 N–H and O–H groups in total. The topological polar surface area (TPSA) is 57.7 Å². The van der Waals surface area contributed by atoms with Crippen LogP contribution in [-0.4, -0.2) is 40.6 Å². The zero-order valence-electron chi connectivity index (χ0n) is 12.9. The number of nitrogens with zero attached hydrogens (tertiary/aromatic N) is 2. The summed E-state index contributed by atoms with van der Waals surface area (Å²) < 4.78 is 0. The van der Waals surface area contributed by atoms with E-state index >= 15 is 0 Å². The molecule has 0 radical (unpaired) electrons. The fourth-order valence-electron chi connectivity index (χ4n) is 2.70. The summed E-state index contributed by atoms with van der Waals surface area (Å²) in [6, 6.07) is 9.69. The Kier molecular flexibility index (Phi) is 4.00. The largest absolute Gasteiger partial charge is 0.339 e. The van der Waals surface area contributed by atoms with Crippen LogP contribution in [0.3, 0.4) is 0 Å². The van der Waals surface area contributed by atoms with Gasteiger partial charge in [0.25, 0.3) is 11.8 Å². The summed E-state index contributed by atoms with van der Waals surface area (Å²) in [5.41, 5.74) is 0.719. The number of rotatable bonds is 4. The second-order valence-corrected chi connectivity index (χ2v) is 6.51. The number of amides is 3. The van der Waals surface area contributed by atoms with Gasteiger partial charge in [0.1, 0.15) is 6.04 Å². The summed E-state index contributed by atoms with van der Waals surface area (Å²) in [4.78, 5) is 41.1. The molecule has 3 rings (SSSR count). The molecule has 1 atom stereocenters. The van der Waals surface area contributed by atoms with Crippen molar-refractivity contribution in [2.24, 2.45) is 0 Å². The highest BCUT2D eigenvalue weighted by molar-refractivity contribution is 7.09. The van der Waals surface area contributed by atoms with Crippen molar-refractivity contribution >= 4 is 29.1 Å². The lowest BCUT2D eigenvalue weighted by atomic mass is 10.1. The second kappa shape index (κ2) is 5.96. The van der Waals surface area contributed by atoms with Gasteiger partial charge in [0.05, 0.1) is 17.7 Å². The van der Waals surface area contributed by atoms with E-state index in [0.29, 0.717) is 17.7 Å². The van der Waals surface area contributed by atoms with Crippen molar-refractivity contribution in [3.63, 3.8) is 0 Å². The van der Waals surface area contributed by atoms with Gasteiger partial charge in [-0.3, -0.25) is 19.3 Å². The minimum absolute atomic E-state index is 0.257. The molecule has 0 aliphatic carbocycles. The van der Waals surface area contributed by atoms with Crippen molar-refractivity contribution < 1.29 is 14.4 Å². The number of carbonyl (C=O) groups excluding carboxylic acids is 3. The standard InChI is InChI=1S/C17H16N2O3S/c1-11(15(20)18(2)10-12-6-5-9-23-12)19-16(21)13-7-3-4-8-14(13)17(19)22/h3-9,11H,10H2,1-2H3. The van der Waals surface area contributed by atoms with E-state index in [1.165, 1.54) is 0 Å². The lowest BCUT2D eigenvalue weighted by Gasteiger charge is -2.26. The van der Waals surface area contributed by atoms with Gasteiger partial charge in [-0.05, 0) is 30.5 Å². The number of benzene rings is 1. The zero-order chi connectivity index (χ0) is 16.6. The maximum absolute atomic E-state index is 12.6. The summed E-state index contributed by atoms with van der Waals surface area (Å²) in [6.45, 7) is 2.05. The first kappa shape index (κ1) is 15.4. The van der Waals surface area contributed by atoms with Crippen LogP contribution in [0.2, 0.25) is 0 Å². The average molecular weight is 328 g/mol. The molecule has 1 aromatic carbocycles. The van der Waals surface area contributed by atoms with Crippen LogP contribution in [0.1, 0.15) is 32.5 Å². The first-order valence-electron chi connectivity index (χ1n) is 7.25. The molecule has 0 bridgehead atoms. The maximum Gasteiger partial charge on any atom is 0.262 e. The minimum Gasteiger partial charge on any atom is -0.339 e. The Morgan fingerprint density at radius 3 is 2.26 bits per heavy atom. The predicted molar refractivity (Wildman–Crippen MR) is 87.2 cm³/mol. The molecule has 0 saturated carbocycles. The Labute approximate surface area is 138 Å². The maximum atomic E-state index is 12.6. The molecule has 5 nitrogen and oxygen atoms in total. The van der Waals surface area contributed by atoms with Crippen LogP contribution in [0.25, 0.3) is 0 Å². The molecule has 1 aliphatic heterocycles. The Balaban J connectivity index is 1.78. The van der Waals surface area contributed by atoms with Crippen molar-refractivity contribution in [1.82, 2.24) is 9.80 Å². The lowest BCUT2D eigenvalue weighted by molar-refractivity contribution is -0.134. The van der Waals surface area contributed by atoms with Crippen LogP contribution in [0.15, 0.2) is 41.8 Å². The van der Waals surface area contributed by atoms with Crippen molar-refractivity contribution in [2.45, 2.75) is 19.5 Å². The summed E-state index contributed by atoms with van der Waals surface area (Å²) >= 11 is 1.56. The molecule has 2 aromatic rings. The van der Waals surface area contributed by atoms with E-state index in [1.54, 1.807) is 54.5 Å². The molecule has 1 aliphatic rings. The highest BCUT2D eigenvalue weighted by atomic mass is 32.1. The number of hydrogen-bond donors (Lipinski definition) is 0. The second-order valence-electron chi connectivity index (χ2n) is 5.48. The van der Waals surface area contributed by atoms with Gasteiger partial charge in [0, 0.05) is 11.9 Å². The van der Waals surface area contributed by atoms with E-state index in [1.807, 2.05) is 17.5 Å². The van der Waals surface area contributed by atoms with E-state index in [9.17, 15) is 14.4 Å². The fourth-order valence-corrected chi connectivity index (χ4v) is 3.46. The molecule has 0 fully saturated rings. The number of fused-ring (bicyclic) bond motifs is 1. The van der Waals surface area contributed by atoms with E-state index < -0.39 is 17.9 Å². The molecule has 2 heterocycles. The third kappa shape index (κ3) is 2.66. The normalized spacial score (nSPS) is 14.8. The number of hydrogen-bond acceptors (Lipinski definition) is 4. The van der Waals surface area contributed by atoms with Crippen LogP contribution < -0.4 is 0 Å². The van der Waals surface area contributed by atoms with Gasteiger partial charge in [-0.15, -0.1) is 11.3 Å². The lowest BCUT2D eigenvalue weighted by Crippen LogP contribution is -2.48. The summed E-state index contributed by atoms with van der Waals surface area (Å²) in [7, 11) is 1.68. The van der Waals surface area contributed by atoms with Crippen LogP contribution in [0, 0.1) is 0 Å². The third-order valence-corrected chi connectivity index (χ3v) is 4.78. The number of likely N-dealkylation sites (N-methyl/N-ethyl adjacent to an activating group) is 1. The smallest absolute Gasteiger partial charge is 0.262 e. The number of thiophene rings is 1. The molecule has 3 amide bonds. The van der Waals surface area contributed by atoms with Crippen molar-refractivity contribution in [3.05, 3.63) is 57.8 Å². The highest BCUT2D eigenvalue weighted by Crippen LogP contribution is 2.25. The van der Waals surface area contributed by atoms with Gasteiger partial charge < -0.3 is 4.90 Å². The molecule has 0 saturated heterocycles. The molecule has 1 aromatic heterocycles. The van der Waals surface area contributed by atoms with Gasteiger partial charge in [0.2, 0.25) is 5.91 Å². The monoisotopic (exact) mass is 328 g/mol. The summed E-state index contributed by atoms with van der Waals surface area (Å²) in [5, 5.41) is 1.95. The first-order chi connectivity index (χ1) is 11.0. The van der Waals surface area contributed by atoms with E-state index in [4.69, 9.17) is 0 Å². The van der Waals surface area contributed by atoms with Gasteiger partial charge in [0.15, 0.2) is 0 Å². The minimum atomic E-state index is -0.827. The quantitative estimate of drug-likeness (QED) is 0.810. The van der Waals surface area contributed by atoms with E-state index in [0.717, 1.165) is 9.78 Å². The van der Waals surface area contributed by atoms with Crippen molar-refractivity contribution in [1.29, 1.82) is 0 Å².